The van der Waals surface area contributed by atoms with Gasteiger partial charge in [0.15, 0.2) is 0 Å². The van der Waals surface area contributed by atoms with Crippen molar-refractivity contribution in [3.8, 4) is 0 Å². The van der Waals surface area contributed by atoms with Gasteiger partial charge in [-0.15, -0.1) is 0 Å². The second-order valence-corrected chi connectivity index (χ2v) is 8.56. The number of amides is 1. The standard InChI is InChI=1S/C26H46N2O3/c27-20-15-18-25(22-29)28-26(30)19-13-8-6-4-2-1-3-5-7-9-14-21-31-23-24-16-11-10-12-17-24/h10-12,16-17,25,29H,1-9,13-15,18-23,27H2,(H,28,30)/t25-/m1/s1. The fourth-order valence-corrected chi connectivity index (χ4v) is 3.72. The van der Waals surface area contributed by atoms with Crippen molar-refractivity contribution in [1.82, 2.24) is 5.32 Å². The molecule has 0 aliphatic rings. The molecule has 4 N–H and O–H groups in total. The van der Waals surface area contributed by atoms with E-state index >= 15 is 0 Å². The van der Waals surface area contributed by atoms with E-state index in [2.05, 4.69) is 29.6 Å². The second-order valence-electron chi connectivity index (χ2n) is 8.56. The predicted molar refractivity (Wildman–Crippen MR) is 129 cm³/mol. The molecular formula is C26H46N2O3. The minimum Gasteiger partial charge on any atom is -0.394 e. The minimum atomic E-state index is -0.141. The van der Waals surface area contributed by atoms with Gasteiger partial charge in [0, 0.05) is 13.0 Å². The number of hydrogen-bond donors (Lipinski definition) is 3. The highest BCUT2D eigenvalue weighted by atomic mass is 16.5. The molecule has 0 unspecified atom stereocenters. The SMILES string of the molecule is NCCC[C@H](CO)NC(=O)CCCCCCCCCCCCCOCc1ccccc1. The number of nitrogens with two attached hydrogens (primary N) is 1. The summed E-state index contributed by atoms with van der Waals surface area (Å²) in [6.07, 6.45) is 15.7. The Kier molecular flexibility index (Phi) is 18.2. The van der Waals surface area contributed by atoms with Crippen molar-refractivity contribution in [3.63, 3.8) is 0 Å². The summed E-state index contributed by atoms with van der Waals surface area (Å²) < 4.78 is 5.73. The van der Waals surface area contributed by atoms with Gasteiger partial charge in [0.25, 0.3) is 0 Å². The number of benzene rings is 1. The molecule has 1 aromatic rings. The van der Waals surface area contributed by atoms with Crippen LogP contribution in [-0.4, -0.2) is 36.8 Å². The Hall–Kier alpha value is -1.43. The summed E-state index contributed by atoms with van der Waals surface area (Å²) in [4.78, 5) is 11.9. The topological polar surface area (TPSA) is 84.6 Å². The number of rotatable bonds is 21. The van der Waals surface area contributed by atoms with Gasteiger partial charge in [-0.25, -0.2) is 0 Å². The summed E-state index contributed by atoms with van der Waals surface area (Å²) in [6, 6.07) is 10.2. The summed E-state index contributed by atoms with van der Waals surface area (Å²) in [5.74, 6) is 0.0570. The van der Waals surface area contributed by atoms with Gasteiger partial charge in [0.05, 0.1) is 19.3 Å². The van der Waals surface area contributed by atoms with E-state index in [9.17, 15) is 9.90 Å². The first-order chi connectivity index (χ1) is 15.3. The van der Waals surface area contributed by atoms with Gasteiger partial charge in [-0.1, -0.05) is 88.1 Å². The normalized spacial score (nSPS) is 12.1. The fourth-order valence-electron chi connectivity index (χ4n) is 3.72. The van der Waals surface area contributed by atoms with Gasteiger partial charge in [0.1, 0.15) is 0 Å². The molecule has 5 heteroatoms. The number of unbranched alkanes of at least 4 members (excludes halogenated alkanes) is 10. The van der Waals surface area contributed by atoms with Crippen LogP contribution in [0.4, 0.5) is 0 Å². The molecule has 1 aromatic carbocycles. The number of nitrogens with one attached hydrogen (secondary N) is 1. The Bertz CT molecular complexity index is 525. The molecule has 0 heterocycles. The number of aliphatic hydroxyl groups excluding tert-OH is 1. The van der Waals surface area contributed by atoms with E-state index < -0.39 is 0 Å². The maximum Gasteiger partial charge on any atom is 0.220 e. The highest BCUT2D eigenvalue weighted by molar-refractivity contribution is 5.76. The van der Waals surface area contributed by atoms with Gasteiger partial charge in [-0.2, -0.15) is 0 Å². The molecule has 0 spiro atoms. The average Bonchev–Trinajstić information content (AvgIpc) is 2.79. The smallest absolute Gasteiger partial charge is 0.220 e. The number of carbonyl (C=O) groups excluding carboxylic acids is 1. The number of aliphatic hydroxyl groups is 1. The van der Waals surface area contributed by atoms with Crippen LogP contribution >= 0.6 is 0 Å². The highest BCUT2D eigenvalue weighted by Gasteiger charge is 2.10. The Labute approximate surface area is 190 Å². The van der Waals surface area contributed by atoms with Crippen molar-refractivity contribution >= 4 is 5.91 Å². The highest BCUT2D eigenvalue weighted by Crippen LogP contribution is 2.12. The fraction of sp³-hybridized carbons (Fsp3) is 0.731. The summed E-state index contributed by atoms with van der Waals surface area (Å²) in [7, 11) is 0. The Morgan fingerprint density at radius 2 is 1.45 bits per heavy atom. The largest absolute Gasteiger partial charge is 0.394 e. The first kappa shape index (κ1) is 27.6. The van der Waals surface area contributed by atoms with Gasteiger partial charge >= 0.3 is 0 Å². The molecule has 0 aromatic heterocycles. The van der Waals surface area contributed by atoms with E-state index in [0.717, 1.165) is 45.3 Å². The number of hydrogen-bond acceptors (Lipinski definition) is 4. The van der Waals surface area contributed by atoms with Crippen LogP contribution in [-0.2, 0) is 16.1 Å². The molecule has 0 aliphatic carbocycles. The van der Waals surface area contributed by atoms with Gasteiger partial charge in [0.2, 0.25) is 5.91 Å². The molecule has 5 nitrogen and oxygen atoms in total. The van der Waals surface area contributed by atoms with Crippen molar-refractivity contribution in [2.75, 3.05) is 19.8 Å². The van der Waals surface area contributed by atoms with Crippen LogP contribution in [0.1, 0.15) is 95.5 Å². The monoisotopic (exact) mass is 434 g/mol. The van der Waals surface area contributed by atoms with E-state index in [0.29, 0.717) is 13.0 Å². The van der Waals surface area contributed by atoms with Gasteiger partial charge < -0.3 is 20.9 Å². The van der Waals surface area contributed by atoms with Crippen LogP contribution in [0.2, 0.25) is 0 Å². The number of ether oxygens (including phenoxy) is 1. The van der Waals surface area contributed by atoms with Gasteiger partial charge in [-0.05, 0) is 37.8 Å². The molecule has 0 radical (unpaired) electrons. The lowest BCUT2D eigenvalue weighted by atomic mass is 10.0. The molecular weight excluding hydrogens is 388 g/mol. The van der Waals surface area contributed by atoms with Crippen molar-refractivity contribution in [2.24, 2.45) is 5.73 Å². The lowest BCUT2D eigenvalue weighted by Gasteiger charge is -2.15. The number of carbonyl (C=O) groups is 1. The minimum absolute atomic E-state index is 0.00617. The van der Waals surface area contributed by atoms with Crippen molar-refractivity contribution < 1.29 is 14.6 Å². The first-order valence-electron chi connectivity index (χ1n) is 12.5. The second kappa shape index (κ2) is 20.5. The molecule has 1 rings (SSSR count). The zero-order chi connectivity index (χ0) is 22.4. The van der Waals surface area contributed by atoms with E-state index in [1.165, 1.54) is 56.9 Å². The third-order valence-corrected chi connectivity index (χ3v) is 5.65. The lowest BCUT2D eigenvalue weighted by molar-refractivity contribution is -0.122. The Morgan fingerprint density at radius 1 is 0.871 bits per heavy atom. The van der Waals surface area contributed by atoms with Crippen LogP contribution in [0, 0.1) is 0 Å². The third kappa shape index (κ3) is 16.9. The van der Waals surface area contributed by atoms with Crippen LogP contribution in [0.5, 0.6) is 0 Å². The summed E-state index contributed by atoms with van der Waals surface area (Å²) >= 11 is 0. The first-order valence-corrected chi connectivity index (χ1v) is 12.5. The molecule has 178 valence electrons. The van der Waals surface area contributed by atoms with Crippen LogP contribution < -0.4 is 11.1 Å². The van der Waals surface area contributed by atoms with Crippen LogP contribution in [0.3, 0.4) is 0 Å². The maximum absolute atomic E-state index is 11.9. The predicted octanol–water partition coefficient (Wildman–Crippen LogP) is 5.10. The third-order valence-electron chi connectivity index (χ3n) is 5.65. The summed E-state index contributed by atoms with van der Waals surface area (Å²) in [6.45, 7) is 2.18. The van der Waals surface area contributed by atoms with Crippen molar-refractivity contribution in [3.05, 3.63) is 35.9 Å². The van der Waals surface area contributed by atoms with Crippen LogP contribution in [0.15, 0.2) is 30.3 Å². The zero-order valence-electron chi connectivity index (χ0n) is 19.5. The molecule has 1 amide bonds. The van der Waals surface area contributed by atoms with Crippen molar-refractivity contribution in [1.29, 1.82) is 0 Å². The summed E-state index contributed by atoms with van der Waals surface area (Å²) in [5.41, 5.74) is 6.72. The van der Waals surface area contributed by atoms with E-state index in [-0.39, 0.29) is 18.6 Å². The summed E-state index contributed by atoms with van der Waals surface area (Å²) in [5, 5.41) is 12.2. The Morgan fingerprint density at radius 3 is 2.03 bits per heavy atom. The molecule has 0 saturated heterocycles. The zero-order valence-corrected chi connectivity index (χ0v) is 19.5. The van der Waals surface area contributed by atoms with E-state index in [1.807, 2.05) is 6.07 Å². The molecule has 0 aliphatic heterocycles. The quantitative estimate of drug-likeness (QED) is 0.235. The van der Waals surface area contributed by atoms with Crippen LogP contribution in [0.25, 0.3) is 0 Å². The molecule has 1 atom stereocenters. The van der Waals surface area contributed by atoms with E-state index in [1.54, 1.807) is 0 Å². The molecule has 0 fully saturated rings. The average molecular weight is 435 g/mol. The maximum atomic E-state index is 11.9. The van der Waals surface area contributed by atoms with E-state index in [4.69, 9.17) is 10.5 Å². The molecule has 0 bridgehead atoms. The van der Waals surface area contributed by atoms with Gasteiger partial charge in [-0.3, -0.25) is 4.79 Å². The Balaban J connectivity index is 1.78. The lowest BCUT2D eigenvalue weighted by Crippen LogP contribution is -2.37. The molecule has 31 heavy (non-hydrogen) atoms. The van der Waals surface area contributed by atoms with Crippen molar-refractivity contribution in [2.45, 2.75) is 103 Å². The molecule has 0 saturated carbocycles.